The number of cyclic esters (lactones) is 2. The molecule has 0 aliphatic carbocycles. The van der Waals surface area contributed by atoms with E-state index in [0.29, 0.717) is 0 Å². The number of benzene rings is 1. The fraction of sp³-hybridized carbons (Fsp3) is 0.400. The second kappa shape index (κ2) is 7.13. The predicted molar refractivity (Wildman–Crippen MR) is 94.2 cm³/mol. The molecule has 0 N–H and O–H groups in total. The molecule has 5 nitrogen and oxygen atoms in total. The van der Waals surface area contributed by atoms with Gasteiger partial charge in [0.05, 0.1) is 0 Å². The fourth-order valence-electron chi connectivity index (χ4n) is 3.09. The molecule has 0 atom stereocenters. The first-order chi connectivity index (χ1) is 12.0. The van der Waals surface area contributed by atoms with E-state index in [1.807, 2.05) is 36.4 Å². The SMILES string of the molecule is CC1(C)OC(=O)C(=CC=C(c2ccccc2)N2CCCCC2)C(=O)O1. The molecule has 2 saturated heterocycles. The fourth-order valence-corrected chi connectivity index (χ4v) is 3.09. The molecule has 2 aliphatic heterocycles. The first-order valence-electron chi connectivity index (χ1n) is 8.65. The van der Waals surface area contributed by atoms with Gasteiger partial charge in [0.2, 0.25) is 0 Å². The maximum Gasteiger partial charge on any atom is 0.348 e. The highest BCUT2D eigenvalue weighted by Crippen LogP contribution is 2.26. The molecule has 0 unspecified atom stereocenters. The number of esters is 2. The lowest BCUT2D eigenvalue weighted by Crippen LogP contribution is -2.41. The summed E-state index contributed by atoms with van der Waals surface area (Å²) in [6, 6.07) is 9.98. The standard InChI is InChI=1S/C20H23NO4/c1-20(2)24-18(22)16(19(23)25-20)11-12-17(15-9-5-3-6-10-15)21-13-7-4-8-14-21/h3,5-6,9-12H,4,7-8,13-14H2,1-2H3. The average Bonchev–Trinajstić information content (AvgIpc) is 2.58. The van der Waals surface area contributed by atoms with Gasteiger partial charge in [-0.15, -0.1) is 0 Å². The van der Waals surface area contributed by atoms with Crippen molar-refractivity contribution in [2.24, 2.45) is 0 Å². The molecular formula is C20H23NO4. The molecule has 0 spiro atoms. The van der Waals surface area contributed by atoms with E-state index < -0.39 is 17.7 Å². The van der Waals surface area contributed by atoms with Gasteiger partial charge in [0.1, 0.15) is 5.57 Å². The molecule has 132 valence electrons. The topological polar surface area (TPSA) is 55.8 Å². The van der Waals surface area contributed by atoms with E-state index in [9.17, 15) is 9.59 Å². The maximum atomic E-state index is 12.1. The number of allylic oxidation sites excluding steroid dienone is 2. The monoisotopic (exact) mass is 341 g/mol. The Bertz CT molecular complexity index is 690. The molecule has 25 heavy (non-hydrogen) atoms. The van der Waals surface area contributed by atoms with E-state index in [-0.39, 0.29) is 5.57 Å². The summed E-state index contributed by atoms with van der Waals surface area (Å²) in [5, 5.41) is 0. The molecule has 2 fully saturated rings. The molecule has 3 rings (SSSR count). The average molecular weight is 341 g/mol. The lowest BCUT2D eigenvalue weighted by molar-refractivity contribution is -0.222. The van der Waals surface area contributed by atoms with Gasteiger partial charge in [-0.05, 0) is 37.0 Å². The molecule has 1 aromatic carbocycles. The van der Waals surface area contributed by atoms with Crippen LogP contribution in [0.15, 0.2) is 48.1 Å². The van der Waals surface area contributed by atoms with E-state index in [1.165, 1.54) is 12.5 Å². The van der Waals surface area contributed by atoms with Crippen molar-refractivity contribution in [2.75, 3.05) is 13.1 Å². The second-order valence-electron chi connectivity index (χ2n) is 6.72. The van der Waals surface area contributed by atoms with Crippen LogP contribution in [0.2, 0.25) is 0 Å². The van der Waals surface area contributed by atoms with Gasteiger partial charge < -0.3 is 14.4 Å². The predicted octanol–water partition coefficient (Wildman–Crippen LogP) is 3.28. The van der Waals surface area contributed by atoms with Crippen molar-refractivity contribution < 1.29 is 19.1 Å². The first-order valence-corrected chi connectivity index (χ1v) is 8.65. The van der Waals surface area contributed by atoms with Crippen LogP contribution in [-0.4, -0.2) is 35.7 Å². The number of ether oxygens (including phenoxy) is 2. The number of hydrogen-bond donors (Lipinski definition) is 0. The van der Waals surface area contributed by atoms with Gasteiger partial charge in [0.25, 0.3) is 5.79 Å². The number of piperidine rings is 1. The summed E-state index contributed by atoms with van der Waals surface area (Å²) in [5.74, 6) is -2.52. The summed E-state index contributed by atoms with van der Waals surface area (Å²) in [6.45, 7) is 5.01. The highest BCUT2D eigenvalue weighted by Gasteiger charge is 2.38. The third kappa shape index (κ3) is 4.10. The highest BCUT2D eigenvalue weighted by atomic mass is 16.7. The summed E-state index contributed by atoms with van der Waals surface area (Å²) in [6.07, 6.45) is 6.83. The van der Waals surface area contributed by atoms with Crippen molar-refractivity contribution in [1.82, 2.24) is 4.90 Å². The zero-order chi connectivity index (χ0) is 17.9. The molecule has 5 heteroatoms. The van der Waals surface area contributed by atoms with Gasteiger partial charge in [0.15, 0.2) is 0 Å². The van der Waals surface area contributed by atoms with Crippen LogP contribution in [-0.2, 0) is 19.1 Å². The van der Waals surface area contributed by atoms with E-state index >= 15 is 0 Å². The number of carbonyl (C=O) groups excluding carboxylic acids is 2. The number of rotatable bonds is 3. The van der Waals surface area contributed by atoms with E-state index in [2.05, 4.69) is 4.90 Å². The van der Waals surface area contributed by atoms with Gasteiger partial charge in [-0.3, -0.25) is 0 Å². The highest BCUT2D eigenvalue weighted by molar-refractivity contribution is 6.15. The summed E-state index contributed by atoms with van der Waals surface area (Å²) in [4.78, 5) is 26.5. The van der Waals surface area contributed by atoms with Crippen LogP contribution in [0.4, 0.5) is 0 Å². The smallest absolute Gasteiger partial charge is 0.348 e. The Hall–Kier alpha value is -2.56. The maximum absolute atomic E-state index is 12.1. The quantitative estimate of drug-likeness (QED) is 0.480. The molecule has 0 aromatic heterocycles. The van der Waals surface area contributed by atoms with Crippen molar-refractivity contribution in [1.29, 1.82) is 0 Å². The molecule has 0 radical (unpaired) electrons. The van der Waals surface area contributed by atoms with Crippen LogP contribution in [0.1, 0.15) is 38.7 Å². The van der Waals surface area contributed by atoms with Gasteiger partial charge in [-0.25, -0.2) is 9.59 Å². The second-order valence-corrected chi connectivity index (χ2v) is 6.72. The Balaban J connectivity index is 1.93. The summed E-state index contributed by atoms with van der Waals surface area (Å²) in [7, 11) is 0. The molecule has 1 aromatic rings. The third-order valence-electron chi connectivity index (χ3n) is 4.29. The molecule has 2 aliphatic rings. The van der Waals surface area contributed by atoms with Crippen molar-refractivity contribution in [3.8, 4) is 0 Å². The van der Waals surface area contributed by atoms with Crippen molar-refractivity contribution in [3.05, 3.63) is 53.6 Å². The summed E-state index contributed by atoms with van der Waals surface area (Å²) >= 11 is 0. The Kier molecular flexibility index (Phi) is 4.93. The van der Waals surface area contributed by atoms with E-state index in [4.69, 9.17) is 9.47 Å². The Morgan fingerprint density at radius 2 is 1.60 bits per heavy atom. The van der Waals surface area contributed by atoms with Crippen LogP contribution >= 0.6 is 0 Å². The molecule has 0 bridgehead atoms. The lowest BCUT2D eigenvalue weighted by Gasteiger charge is -2.31. The largest absolute Gasteiger partial charge is 0.419 e. The van der Waals surface area contributed by atoms with Crippen LogP contribution in [0.3, 0.4) is 0 Å². The zero-order valence-corrected chi connectivity index (χ0v) is 14.7. The van der Waals surface area contributed by atoms with Crippen LogP contribution in [0.5, 0.6) is 0 Å². The van der Waals surface area contributed by atoms with Crippen molar-refractivity contribution in [3.63, 3.8) is 0 Å². The first kappa shape index (κ1) is 17.3. The Labute approximate surface area is 147 Å². The number of hydrogen-bond acceptors (Lipinski definition) is 5. The lowest BCUT2D eigenvalue weighted by atomic mass is 10.0. The Morgan fingerprint density at radius 1 is 1.00 bits per heavy atom. The summed E-state index contributed by atoms with van der Waals surface area (Å²) < 4.78 is 10.3. The number of nitrogens with zero attached hydrogens (tertiary/aromatic N) is 1. The van der Waals surface area contributed by atoms with Gasteiger partial charge in [-0.2, -0.15) is 0 Å². The molecular weight excluding hydrogens is 318 g/mol. The Morgan fingerprint density at radius 3 is 2.20 bits per heavy atom. The minimum Gasteiger partial charge on any atom is -0.419 e. The van der Waals surface area contributed by atoms with Crippen molar-refractivity contribution >= 4 is 17.6 Å². The van der Waals surface area contributed by atoms with E-state index in [0.717, 1.165) is 37.2 Å². The minimum absolute atomic E-state index is 0.0789. The molecule has 2 heterocycles. The normalized spacial score (nSPS) is 20.8. The number of likely N-dealkylation sites (tertiary alicyclic amines) is 1. The van der Waals surface area contributed by atoms with Crippen LogP contribution < -0.4 is 0 Å². The third-order valence-corrected chi connectivity index (χ3v) is 4.29. The minimum atomic E-state index is -1.22. The van der Waals surface area contributed by atoms with Gasteiger partial charge in [0, 0.05) is 32.6 Å². The van der Waals surface area contributed by atoms with Crippen LogP contribution in [0, 0.1) is 0 Å². The number of carbonyl (C=O) groups is 2. The zero-order valence-electron chi connectivity index (χ0n) is 14.7. The van der Waals surface area contributed by atoms with Gasteiger partial charge in [-0.1, -0.05) is 30.3 Å². The molecule has 0 saturated carbocycles. The van der Waals surface area contributed by atoms with Gasteiger partial charge >= 0.3 is 11.9 Å². The van der Waals surface area contributed by atoms with Crippen molar-refractivity contribution in [2.45, 2.75) is 38.9 Å². The van der Waals surface area contributed by atoms with E-state index in [1.54, 1.807) is 13.8 Å². The molecule has 0 amide bonds. The van der Waals surface area contributed by atoms with Crippen LogP contribution in [0.25, 0.3) is 5.70 Å². The summed E-state index contributed by atoms with van der Waals surface area (Å²) in [5.41, 5.74) is 1.97.